The van der Waals surface area contributed by atoms with Crippen molar-refractivity contribution in [2.24, 2.45) is 11.8 Å². The van der Waals surface area contributed by atoms with Gasteiger partial charge in [0.2, 0.25) is 15.9 Å². The molecule has 1 amide bonds. The van der Waals surface area contributed by atoms with E-state index in [0.29, 0.717) is 29.6 Å². The Morgan fingerprint density at radius 3 is 2.19 bits per heavy atom. The fourth-order valence-electron chi connectivity index (χ4n) is 4.00. The van der Waals surface area contributed by atoms with E-state index in [1.807, 2.05) is 0 Å². The average molecular weight is 394 g/mol. The number of nitrogens with zero attached hydrogens (tertiary/aromatic N) is 2. The molecule has 0 atom stereocenters. The molecule has 1 aromatic carbocycles. The van der Waals surface area contributed by atoms with Crippen LogP contribution in [0.25, 0.3) is 0 Å². The van der Waals surface area contributed by atoms with Crippen molar-refractivity contribution in [2.75, 3.05) is 38.0 Å². The van der Waals surface area contributed by atoms with Crippen molar-refractivity contribution in [1.82, 2.24) is 9.21 Å². The van der Waals surface area contributed by atoms with Crippen LogP contribution >= 0.6 is 0 Å². The van der Waals surface area contributed by atoms with Gasteiger partial charge in [0.1, 0.15) is 0 Å². The zero-order valence-corrected chi connectivity index (χ0v) is 17.2. The molecule has 2 heterocycles. The maximum Gasteiger partial charge on any atom is 0.243 e. The summed E-state index contributed by atoms with van der Waals surface area (Å²) in [5.41, 5.74) is 0.607. The van der Waals surface area contributed by atoms with E-state index in [9.17, 15) is 13.2 Å². The second-order valence-electron chi connectivity index (χ2n) is 8.04. The van der Waals surface area contributed by atoms with Gasteiger partial charge >= 0.3 is 0 Å². The Morgan fingerprint density at radius 1 is 1.04 bits per heavy atom. The first-order valence-corrected chi connectivity index (χ1v) is 11.4. The largest absolute Gasteiger partial charge is 0.326 e. The first-order chi connectivity index (χ1) is 12.8. The number of piperidine rings is 2. The quantitative estimate of drug-likeness (QED) is 0.835. The van der Waals surface area contributed by atoms with Crippen molar-refractivity contribution in [2.45, 2.75) is 44.4 Å². The normalized spacial score (nSPS) is 21.3. The number of benzene rings is 1. The van der Waals surface area contributed by atoms with Crippen molar-refractivity contribution >= 4 is 21.6 Å². The summed E-state index contributed by atoms with van der Waals surface area (Å²) in [6, 6.07) is 6.42. The molecular formula is C20H31N3O3S. The number of nitrogens with one attached hydrogen (secondary N) is 1. The van der Waals surface area contributed by atoms with Gasteiger partial charge in [0.05, 0.1) is 4.90 Å². The van der Waals surface area contributed by atoms with Gasteiger partial charge in [-0.1, -0.05) is 6.92 Å². The minimum Gasteiger partial charge on any atom is -0.326 e. The van der Waals surface area contributed by atoms with Gasteiger partial charge in [0.25, 0.3) is 0 Å². The number of carbonyl (C=O) groups is 1. The van der Waals surface area contributed by atoms with E-state index < -0.39 is 10.0 Å². The van der Waals surface area contributed by atoms with Gasteiger partial charge < -0.3 is 10.2 Å². The number of anilines is 1. The molecule has 0 bridgehead atoms. The highest BCUT2D eigenvalue weighted by molar-refractivity contribution is 7.89. The summed E-state index contributed by atoms with van der Waals surface area (Å²) in [6.07, 6.45) is 4.41. The number of carbonyl (C=O) groups excluding carboxylic acids is 1. The predicted octanol–water partition coefficient (Wildman–Crippen LogP) is 2.78. The van der Waals surface area contributed by atoms with E-state index in [4.69, 9.17) is 0 Å². The smallest absolute Gasteiger partial charge is 0.243 e. The van der Waals surface area contributed by atoms with Crippen LogP contribution < -0.4 is 5.32 Å². The minimum atomic E-state index is -3.46. The Balaban J connectivity index is 1.54. The molecule has 150 valence electrons. The van der Waals surface area contributed by atoms with Crippen LogP contribution in [-0.4, -0.2) is 56.3 Å². The summed E-state index contributed by atoms with van der Waals surface area (Å²) >= 11 is 0. The lowest BCUT2D eigenvalue weighted by Crippen LogP contribution is -2.43. The van der Waals surface area contributed by atoms with Crippen LogP contribution in [0.5, 0.6) is 0 Å². The van der Waals surface area contributed by atoms with E-state index in [1.165, 1.54) is 32.9 Å². The molecular weight excluding hydrogens is 362 g/mol. The second-order valence-corrected chi connectivity index (χ2v) is 9.97. The Hall–Kier alpha value is -1.44. The van der Waals surface area contributed by atoms with Crippen LogP contribution in [-0.2, 0) is 14.8 Å². The standard InChI is InChI=1S/C20H31N3O3S/c1-16-7-11-22(12-8-16)15-18-9-13-23(14-10-18)27(25,26)20-5-3-19(4-6-20)21-17(2)24/h3-6,16,18H,7-15H2,1-2H3,(H,21,24). The van der Waals surface area contributed by atoms with E-state index in [0.717, 1.165) is 25.3 Å². The molecule has 0 aliphatic carbocycles. The van der Waals surface area contributed by atoms with Gasteiger partial charge in [-0.2, -0.15) is 4.31 Å². The van der Waals surface area contributed by atoms with Crippen LogP contribution in [0.4, 0.5) is 5.69 Å². The molecule has 6 nitrogen and oxygen atoms in total. The highest BCUT2D eigenvalue weighted by Gasteiger charge is 2.30. The van der Waals surface area contributed by atoms with Gasteiger partial charge in [-0.15, -0.1) is 0 Å². The molecule has 3 rings (SSSR count). The monoisotopic (exact) mass is 393 g/mol. The van der Waals surface area contributed by atoms with Gasteiger partial charge in [0.15, 0.2) is 0 Å². The van der Waals surface area contributed by atoms with Crippen LogP contribution in [0.1, 0.15) is 39.5 Å². The lowest BCUT2D eigenvalue weighted by atomic mass is 9.94. The summed E-state index contributed by atoms with van der Waals surface area (Å²) in [5, 5.41) is 2.66. The van der Waals surface area contributed by atoms with Crippen LogP contribution in [0.15, 0.2) is 29.2 Å². The van der Waals surface area contributed by atoms with Crippen LogP contribution in [0.3, 0.4) is 0 Å². The van der Waals surface area contributed by atoms with Gasteiger partial charge in [-0.05, 0) is 74.9 Å². The average Bonchev–Trinajstić information content (AvgIpc) is 2.64. The molecule has 0 unspecified atom stereocenters. The van der Waals surface area contributed by atoms with E-state index in [-0.39, 0.29) is 5.91 Å². The fraction of sp³-hybridized carbons (Fsp3) is 0.650. The number of amides is 1. The molecule has 0 spiro atoms. The topological polar surface area (TPSA) is 69.7 Å². The number of hydrogen-bond acceptors (Lipinski definition) is 4. The highest BCUT2D eigenvalue weighted by atomic mass is 32.2. The van der Waals surface area contributed by atoms with Gasteiger partial charge in [0, 0.05) is 32.2 Å². The molecule has 0 aromatic heterocycles. The van der Waals surface area contributed by atoms with E-state index in [2.05, 4.69) is 17.1 Å². The molecule has 27 heavy (non-hydrogen) atoms. The zero-order valence-electron chi connectivity index (χ0n) is 16.4. The Kier molecular flexibility index (Phi) is 6.55. The Bertz CT molecular complexity index is 732. The molecule has 7 heteroatoms. The van der Waals surface area contributed by atoms with Crippen molar-refractivity contribution in [3.8, 4) is 0 Å². The van der Waals surface area contributed by atoms with E-state index >= 15 is 0 Å². The van der Waals surface area contributed by atoms with Gasteiger partial charge in [-0.3, -0.25) is 4.79 Å². The zero-order chi connectivity index (χ0) is 19.4. The molecule has 0 saturated carbocycles. The number of sulfonamides is 1. The third kappa shape index (κ3) is 5.30. The Labute approximate surface area is 163 Å². The minimum absolute atomic E-state index is 0.171. The third-order valence-corrected chi connectivity index (χ3v) is 7.69. The molecule has 1 aromatic rings. The number of rotatable bonds is 5. The molecule has 2 saturated heterocycles. The number of likely N-dealkylation sites (tertiary alicyclic amines) is 1. The summed E-state index contributed by atoms with van der Waals surface area (Å²) in [4.78, 5) is 13.9. The fourth-order valence-corrected chi connectivity index (χ4v) is 5.47. The third-order valence-electron chi connectivity index (χ3n) is 5.78. The second kappa shape index (κ2) is 8.71. The predicted molar refractivity (Wildman–Crippen MR) is 107 cm³/mol. The maximum absolute atomic E-state index is 12.9. The first-order valence-electron chi connectivity index (χ1n) is 9.95. The van der Waals surface area contributed by atoms with Crippen molar-refractivity contribution < 1.29 is 13.2 Å². The van der Waals surface area contributed by atoms with Crippen LogP contribution in [0.2, 0.25) is 0 Å². The van der Waals surface area contributed by atoms with E-state index in [1.54, 1.807) is 28.6 Å². The lowest BCUT2D eigenvalue weighted by Gasteiger charge is -2.36. The summed E-state index contributed by atoms with van der Waals surface area (Å²) < 4.78 is 27.4. The highest BCUT2D eigenvalue weighted by Crippen LogP contribution is 2.26. The van der Waals surface area contributed by atoms with Gasteiger partial charge in [-0.25, -0.2) is 8.42 Å². The summed E-state index contributed by atoms with van der Waals surface area (Å²) in [7, 11) is -3.46. The molecule has 2 aliphatic heterocycles. The first kappa shape index (κ1) is 20.3. The summed E-state index contributed by atoms with van der Waals surface area (Å²) in [6.45, 7) is 8.39. The van der Waals surface area contributed by atoms with Crippen molar-refractivity contribution in [1.29, 1.82) is 0 Å². The lowest BCUT2D eigenvalue weighted by molar-refractivity contribution is -0.114. The van der Waals surface area contributed by atoms with Crippen molar-refractivity contribution in [3.63, 3.8) is 0 Å². The maximum atomic E-state index is 12.9. The molecule has 2 aliphatic rings. The summed E-state index contributed by atoms with van der Waals surface area (Å²) in [5.74, 6) is 1.26. The molecule has 0 radical (unpaired) electrons. The molecule has 2 fully saturated rings. The number of hydrogen-bond donors (Lipinski definition) is 1. The van der Waals surface area contributed by atoms with Crippen molar-refractivity contribution in [3.05, 3.63) is 24.3 Å². The Morgan fingerprint density at radius 2 is 1.63 bits per heavy atom. The SMILES string of the molecule is CC(=O)Nc1ccc(S(=O)(=O)N2CCC(CN3CCC(C)CC3)CC2)cc1. The van der Waals surface area contributed by atoms with Crippen LogP contribution in [0, 0.1) is 11.8 Å². The molecule has 1 N–H and O–H groups in total.